The van der Waals surface area contributed by atoms with Crippen LogP contribution in [0.5, 0.6) is 0 Å². The number of nitrogens with zero attached hydrogens (tertiary/aromatic N) is 1. The van der Waals surface area contributed by atoms with E-state index in [1.54, 1.807) is 49.4 Å². The highest BCUT2D eigenvalue weighted by molar-refractivity contribution is 8.01. The third-order valence-electron chi connectivity index (χ3n) is 3.39. The van der Waals surface area contributed by atoms with E-state index in [0.29, 0.717) is 21.2 Å². The van der Waals surface area contributed by atoms with Gasteiger partial charge in [-0.25, -0.2) is 9.10 Å². The van der Waals surface area contributed by atoms with Gasteiger partial charge in [-0.15, -0.1) is 0 Å². The minimum atomic E-state index is -0.693. The van der Waals surface area contributed by atoms with Crippen LogP contribution in [0.2, 0.25) is 5.02 Å². The Kier molecular flexibility index (Phi) is 4.59. The van der Waals surface area contributed by atoms with Gasteiger partial charge >= 0.3 is 11.9 Å². The highest BCUT2D eigenvalue weighted by Crippen LogP contribution is 2.42. The van der Waals surface area contributed by atoms with Crippen LogP contribution in [-0.2, 0) is 9.53 Å². The van der Waals surface area contributed by atoms with Gasteiger partial charge in [0.2, 0.25) is 0 Å². The van der Waals surface area contributed by atoms with Crippen LogP contribution in [0.15, 0.2) is 47.4 Å². The number of esters is 1. The summed E-state index contributed by atoms with van der Waals surface area (Å²) in [6, 6.07) is 11.5. The standard InChI is InChI=1S/C17H12ClNO4S/c1-2-23-17(22)10-6-3-4-9-13(10)24-19-14-11(15(20)16(19)21)7-5-8-12(14)18/h3-9H,2H2,1H3. The van der Waals surface area contributed by atoms with E-state index in [4.69, 9.17) is 16.3 Å². The van der Waals surface area contributed by atoms with Gasteiger partial charge in [-0.2, -0.15) is 0 Å². The molecule has 1 amide bonds. The fraction of sp³-hybridized carbons (Fsp3) is 0.118. The van der Waals surface area contributed by atoms with Crippen LogP contribution in [0.1, 0.15) is 27.6 Å². The lowest BCUT2D eigenvalue weighted by Crippen LogP contribution is -2.23. The monoisotopic (exact) mass is 361 g/mol. The first-order chi connectivity index (χ1) is 11.5. The van der Waals surface area contributed by atoms with E-state index >= 15 is 0 Å². The fourth-order valence-electron chi connectivity index (χ4n) is 2.32. The maximum absolute atomic E-state index is 12.3. The number of amides is 1. The summed E-state index contributed by atoms with van der Waals surface area (Å²) in [5.74, 6) is -1.80. The summed E-state index contributed by atoms with van der Waals surface area (Å²) in [6.45, 7) is 1.96. The Bertz CT molecular complexity index is 852. The highest BCUT2D eigenvalue weighted by atomic mass is 35.5. The largest absolute Gasteiger partial charge is 0.462 e. The lowest BCUT2D eigenvalue weighted by molar-refractivity contribution is -0.113. The maximum atomic E-state index is 12.3. The van der Waals surface area contributed by atoms with Gasteiger partial charge in [-0.05, 0) is 43.1 Å². The molecule has 5 nitrogen and oxygen atoms in total. The first-order valence-corrected chi connectivity index (χ1v) is 8.31. The number of hydrogen-bond acceptors (Lipinski definition) is 5. The van der Waals surface area contributed by atoms with E-state index in [2.05, 4.69) is 0 Å². The molecule has 0 aromatic heterocycles. The van der Waals surface area contributed by atoms with Crippen LogP contribution < -0.4 is 4.31 Å². The summed E-state index contributed by atoms with van der Waals surface area (Å²) >= 11 is 7.14. The van der Waals surface area contributed by atoms with Gasteiger partial charge in [0, 0.05) is 4.90 Å². The van der Waals surface area contributed by atoms with Crippen molar-refractivity contribution in [1.29, 1.82) is 0 Å². The molecule has 24 heavy (non-hydrogen) atoms. The van der Waals surface area contributed by atoms with E-state index in [1.165, 1.54) is 4.31 Å². The molecule has 0 atom stereocenters. The van der Waals surface area contributed by atoms with Crippen molar-refractivity contribution < 1.29 is 19.1 Å². The number of carbonyl (C=O) groups is 3. The molecule has 0 aliphatic carbocycles. The van der Waals surface area contributed by atoms with Crippen LogP contribution in [0.25, 0.3) is 0 Å². The van der Waals surface area contributed by atoms with Crippen molar-refractivity contribution in [2.75, 3.05) is 10.9 Å². The topological polar surface area (TPSA) is 63.7 Å². The predicted molar refractivity (Wildman–Crippen MR) is 91.5 cm³/mol. The van der Waals surface area contributed by atoms with Gasteiger partial charge in [0.15, 0.2) is 0 Å². The number of ether oxygens (including phenoxy) is 1. The Balaban J connectivity index is 2.01. The average Bonchev–Trinajstić information content (AvgIpc) is 2.82. The third-order valence-corrected chi connectivity index (χ3v) is 4.77. The zero-order valence-corrected chi connectivity index (χ0v) is 14.2. The van der Waals surface area contributed by atoms with Gasteiger partial charge in [-0.1, -0.05) is 29.8 Å². The highest BCUT2D eigenvalue weighted by Gasteiger charge is 2.38. The minimum Gasteiger partial charge on any atom is -0.462 e. The first-order valence-electron chi connectivity index (χ1n) is 7.16. The van der Waals surface area contributed by atoms with Crippen LogP contribution in [0.4, 0.5) is 5.69 Å². The molecule has 0 bridgehead atoms. The second-order valence-electron chi connectivity index (χ2n) is 4.87. The number of carbonyl (C=O) groups excluding carboxylic acids is 3. The summed E-state index contributed by atoms with van der Waals surface area (Å²) in [4.78, 5) is 37.0. The molecule has 0 radical (unpaired) electrons. The Morgan fingerprint density at radius 3 is 2.67 bits per heavy atom. The maximum Gasteiger partial charge on any atom is 0.339 e. The summed E-state index contributed by atoms with van der Waals surface area (Å²) in [5.41, 5.74) is 0.927. The second kappa shape index (κ2) is 6.67. The zero-order chi connectivity index (χ0) is 17.3. The third kappa shape index (κ3) is 2.79. The van der Waals surface area contributed by atoms with Crippen molar-refractivity contribution in [3.63, 3.8) is 0 Å². The van der Waals surface area contributed by atoms with E-state index in [0.717, 1.165) is 11.9 Å². The molecule has 122 valence electrons. The molecule has 0 saturated carbocycles. The van der Waals surface area contributed by atoms with E-state index in [-0.39, 0.29) is 12.2 Å². The lowest BCUT2D eigenvalue weighted by Gasteiger charge is -2.17. The van der Waals surface area contributed by atoms with E-state index < -0.39 is 17.7 Å². The van der Waals surface area contributed by atoms with Gasteiger partial charge in [0.1, 0.15) is 0 Å². The Morgan fingerprint density at radius 2 is 1.92 bits per heavy atom. The van der Waals surface area contributed by atoms with Crippen molar-refractivity contribution in [1.82, 2.24) is 0 Å². The molecule has 3 rings (SSSR count). The normalized spacial score (nSPS) is 13.2. The van der Waals surface area contributed by atoms with Gasteiger partial charge in [0.05, 0.1) is 28.4 Å². The second-order valence-corrected chi connectivity index (χ2v) is 6.27. The quantitative estimate of drug-likeness (QED) is 0.471. The summed E-state index contributed by atoms with van der Waals surface area (Å²) < 4.78 is 6.25. The van der Waals surface area contributed by atoms with Crippen molar-refractivity contribution in [3.05, 3.63) is 58.6 Å². The molecule has 1 heterocycles. The van der Waals surface area contributed by atoms with Crippen molar-refractivity contribution >= 4 is 46.9 Å². The molecule has 0 spiro atoms. The number of ketones is 1. The number of benzene rings is 2. The minimum absolute atomic E-state index is 0.244. The molecule has 2 aromatic carbocycles. The predicted octanol–water partition coefficient (Wildman–Crippen LogP) is 3.75. The molecule has 0 unspecified atom stereocenters. The number of hydrogen-bond donors (Lipinski definition) is 0. The molecule has 1 aliphatic heterocycles. The number of rotatable bonds is 4. The number of fused-ring (bicyclic) bond motifs is 1. The Hall–Kier alpha value is -2.31. The van der Waals surface area contributed by atoms with Gasteiger partial charge < -0.3 is 4.74 Å². The average molecular weight is 362 g/mol. The summed E-state index contributed by atoms with van der Waals surface area (Å²) in [7, 11) is 0. The Labute approximate surface area is 147 Å². The molecule has 7 heteroatoms. The molecule has 2 aromatic rings. The van der Waals surface area contributed by atoms with E-state index in [9.17, 15) is 14.4 Å². The lowest BCUT2D eigenvalue weighted by atomic mass is 10.1. The van der Waals surface area contributed by atoms with Crippen molar-refractivity contribution in [3.8, 4) is 0 Å². The van der Waals surface area contributed by atoms with Gasteiger partial charge in [-0.3, -0.25) is 9.59 Å². The SMILES string of the molecule is CCOC(=O)c1ccccc1SN1C(=O)C(=O)c2cccc(Cl)c21. The number of Topliss-reactive ketones (excluding diaryl/α,β-unsaturated/α-hetero) is 1. The smallest absolute Gasteiger partial charge is 0.339 e. The van der Waals surface area contributed by atoms with Crippen LogP contribution in [0, 0.1) is 0 Å². The zero-order valence-electron chi connectivity index (χ0n) is 12.6. The molecule has 1 aliphatic rings. The van der Waals surface area contributed by atoms with Crippen LogP contribution in [0.3, 0.4) is 0 Å². The molecule has 0 N–H and O–H groups in total. The molecule has 0 saturated heterocycles. The van der Waals surface area contributed by atoms with E-state index in [1.807, 2.05) is 0 Å². The number of para-hydroxylation sites is 1. The van der Waals surface area contributed by atoms with Gasteiger partial charge in [0.25, 0.3) is 5.78 Å². The van der Waals surface area contributed by atoms with Crippen molar-refractivity contribution in [2.45, 2.75) is 11.8 Å². The van der Waals surface area contributed by atoms with Crippen LogP contribution >= 0.6 is 23.5 Å². The molecule has 0 fully saturated rings. The van der Waals surface area contributed by atoms with Crippen LogP contribution in [-0.4, -0.2) is 24.3 Å². The first kappa shape index (κ1) is 16.5. The fourth-order valence-corrected chi connectivity index (χ4v) is 3.67. The number of anilines is 1. The molecular formula is C17H12ClNO4S. The summed E-state index contributed by atoms with van der Waals surface area (Å²) in [5, 5.41) is 0.299. The molecular weight excluding hydrogens is 350 g/mol. The summed E-state index contributed by atoms with van der Waals surface area (Å²) in [6.07, 6.45) is 0. The number of halogens is 1. The van der Waals surface area contributed by atoms with Crippen molar-refractivity contribution in [2.24, 2.45) is 0 Å². The Morgan fingerprint density at radius 1 is 1.17 bits per heavy atom.